The third-order valence-electron chi connectivity index (χ3n) is 2.63. The Bertz CT molecular complexity index is 522. The second kappa shape index (κ2) is 5.90. The van der Waals surface area contributed by atoms with Crippen LogP contribution in [0.5, 0.6) is 5.75 Å². The van der Waals surface area contributed by atoms with E-state index in [2.05, 4.69) is 20.6 Å². The Morgan fingerprint density at radius 2 is 2.11 bits per heavy atom. The number of nitrogens with zero attached hydrogens (tertiary/aromatic N) is 1. The zero-order valence-corrected chi connectivity index (χ0v) is 10.8. The average Bonchev–Trinajstić information content (AvgIpc) is 2.93. The van der Waals surface area contributed by atoms with Crippen molar-refractivity contribution in [1.29, 1.82) is 0 Å². The number of rotatable bonds is 4. The molecule has 0 fully saturated rings. The highest BCUT2D eigenvalue weighted by Crippen LogP contribution is 2.15. The Morgan fingerprint density at radius 3 is 2.68 bits per heavy atom. The van der Waals surface area contributed by atoms with Crippen molar-refractivity contribution in [2.24, 2.45) is 0 Å². The van der Waals surface area contributed by atoms with Gasteiger partial charge in [0, 0.05) is 18.1 Å². The van der Waals surface area contributed by atoms with Crippen molar-refractivity contribution in [3.05, 3.63) is 42.5 Å². The van der Waals surface area contributed by atoms with Crippen LogP contribution in [0.4, 0.5) is 10.5 Å². The number of hydrogen-bond acceptors (Lipinski definition) is 3. The van der Waals surface area contributed by atoms with Crippen molar-refractivity contribution in [2.75, 3.05) is 12.4 Å². The maximum Gasteiger partial charge on any atom is 0.319 e. The van der Waals surface area contributed by atoms with Crippen LogP contribution in [-0.2, 0) is 0 Å². The number of hydrogen-bond donors (Lipinski definition) is 3. The number of nitrogens with one attached hydrogen (secondary N) is 3. The van der Waals surface area contributed by atoms with E-state index in [4.69, 9.17) is 4.74 Å². The number of anilines is 1. The van der Waals surface area contributed by atoms with Crippen molar-refractivity contribution in [3.8, 4) is 5.75 Å². The molecule has 6 heteroatoms. The van der Waals surface area contributed by atoms with E-state index in [1.807, 2.05) is 6.92 Å². The number of aromatic amines is 1. The summed E-state index contributed by atoms with van der Waals surface area (Å²) in [5.41, 5.74) is 0.699. The van der Waals surface area contributed by atoms with Crippen molar-refractivity contribution in [2.45, 2.75) is 13.0 Å². The Morgan fingerprint density at radius 1 is 1.37 bits per heavy atom. The van der Waals surface area contributed by atoms with Gasteiger partial charge in [-0.3, -0.25) is 0 Å². The number of imidazole rings is 1. The minimum Gasteiger partial charge on any atom is -0.497 e. The summed E-state index contributed by atoms with van der Waals surface area (Å²) in [6.07, 6.45) is 3.36. The van der Waals surface area contributed by atoms with Crippen LogP contribution in [0.1, 0.15) is 18.8 Å². The fraction of sp³-hybridized carbons (Fsp3) is 0.231. The lowest BCUT2D eigenvalue weighted by Gasteiger charge is -2.12. The summed E-state index contributed by atoms with van der Waals surface area (Å²) in [4.78, 5) is 18.8. The molecule has 3 N–H and O–H groups in total. The molecule has 2 rings (SSSR count). The Kier molecular flexibility index (Phi) is 4.02. The van der Waals surface area contributed by atoms with Gasteiger partial charge in [0.1, 0.15) is 11.6 Å². The van der Waals surface area contributed by atoms with E-state index in [0.717, 1.165) is 5.75 Å². The minimum atomic E-state index is -0.283. The van der Waals surface area contributed by atoms with Crippen LogP contribution in [0.2, 0.25) is 0 Å². The molecule has 1 aromatic carbocycles. The Hall–Kier alpha value is -2.50. The minimum absolute atomic E-state index is 0.187. The third-order valence-corrected chi connectivity index (χ3v) is 2.63. The second-order valence-corrected chi connectivity index (χ2v) is 4.02. The molecule has 0 spiro atoms. The smallest absolute Gasteiger partial charge is 0.319 e. The molecular weight excluding hydrogens is 244 g/mol. The van der Waals surface area contributed by atoms with Crippen molar-refractivity contribution in [3.63, 3.8) is 0 Å². The van der Waals surface area contributed by atoms with Gasteiger partial charge in [0.2, 0.25) is 0 Å². The van der Waals surface area contributed by atoms with E-state index in [1.54, 1.807) is 43.8 Å². The first-order valence-corrected chi connectivity index (χ1v) is 5.90. The van der Waals surface area contributed by atoms with Gasteiger partial charge in [0.15, 0.2) is 0 Å². The van der Waals surface area contributed by atoms with Gasteiger partial charge >= 0.3 is 6.03 Å². The van der Waals surface area contributed by atoms with Crippen LogP contribution in [-0.4, -0.2) is 23.1 Å². The topological polar surface area (TPSA) is 79.0 Å². The van der Waals surface area contributed by atoms with Gasteiger partial charge in [0.05, 0.1) is 13.2 Å². The molecule has 1 unspecified atom stereocenters. The fourth-order valence-electron chi connectivity index (χ4n) is 1.62. The Balaban J connectivity index is 1.90. The molecule has 2 aromatic rings. The van der Waals surface area contributed by atoms with Crippen LogP contribution in [0, 0.1) is 0 Å². The molecule has 0 bridgehead atoms. The van der Waals surface area contributed by atoms with Crippen LogP contribution in [0.15, 0.2) is 36.7 Å². The van der Waals surface area contributed by atoms with Gasteiger partial charge in [-0.25, -0.2) is 9.78 Å². The summed E-state index contributed by atoms with van der Waals surface area (Å²) in [5, 5.41) is 5.52. The van der Waals surface area contributed by atoms with Crippen LogP contribution >= 0.6 is 0 Å². The molecule has 2 amide bonds. The van der Waals surface area contributed by atoms with Gasteiger partial charge in [-0.05, 0) is 31.2 Å². The second-order valence-electron chi connectivity index (χ2n) is 4.02. The normalized spacial score (nSPS) is 11.7. The van der Waals surface area contributed by atoms with Crippen molar-refractivity contribution >= 4 is 11.7 Å². The monoisotopic (exact) mass is 260 g/mol. The quantitative estimate of drug-likeness (QED) is 0.789. The number of amides is 2. The number of ether oxygens (including phenoxy) is 1. The van der Waals surface area contributed by atoms with Crippen molar-refractivity contribution in [1.82, 2.24) is 15.3 Å². The summed E-state index contributed by atoms with van der Waals surface area (Å²) in [6, 6.07) is 6.64. The molecule has 6 nitrogen and oxygen atoms in total. The molecule has 19 heavy (non-hydrogen) atoms. The molecule has 0 aliphatic heterocycles. The summed E-state index contributed by atoms with van der Waals surface area (Å²) in [6.45, 7) is 1.85. The average molecular weight is 260 g/mol. The number of methoxy groups -OCH3 is 1. The van der Waals surface area contributed by atoms with Crippen molar-refractivity contribution < 1.29 is 9.53 Å². The molecular formula is C13H16N4O2. The van der Waals surface area contributed by atoms with E-state index in [1.165, 1.54) is 0 Å². The summed E-state index contributed by atoms with van der Waals surface area (Å²) in [5.74, 6) is 1.46. The molecule has 0 radical (unpaired) electrons. The van der Waals surface area contributed by atoms with Crippen LogP contribution < -0.4 is 15.4 Å². The predicted octanol–water partition coefficient (Wildman–Crippen LogP) is 2.30. The zero-order valence-electron chi connectivity index (χ0n) is 10.8. The van der Waals surface area contributed by atoms with E-state index >= 15 is 0 Å². The van der Waals surface area contributed by atoms with Crippen LogP contribution in [0.3, 0.4) is 0 Å². The fourth-order valence-corrected chi connectivity index (χ4v) is 1.62. The SMILES string of the molecule is COc1ccc(NC(=O)NC(C)c2ncc[nH]2)cc1. The molecule has 0 saturated heterocycles. The zero-order chi connectivity index (χ0) is 13.7. The van der Waals surface area contributed by atoms with Gasteiger partial charge in [-0.15, -0.1) is 0 Å². The first-order valence-electron chi connectivity index (χ1n) is 5.90. The lowest BCUT2D eigenvalue weighted by atomic mass is 10.3. The molecule has 1 aromatic heterocycles. The highest BCUT2D eigenvalue weighted by Gasteiger charge is 2.11. The third kappa shape index (κ3) is 3.48. The predicted molar refractivity (Wildman–Crippen MR) is 72.2 cm³/mol. The molecule has 0 aliphatic carbocycles. The number of carbonyl (C=O) groups is 1. The van der Waals surface area contributed by atoms with Gasteiger partial charge in [0.25, 0.3) is 0 Å². The van der Waals surface area contributed by atoms with Gasteiger partial charge in [-0.1, -0.05) is 0 Å². The maximum atomic E-state index is 11.8. The lowest BCUT2D eigenvalue weighted by Crippen LogP contribution is -2.31. The largest absolute Gasteiger partial charge is 0.497 e. The summed E-state index contributed by atoms with van der Waals surface area (Å²) >= 11 is 0. The first-order chi connectivity index (χ1) is 9.19. The standard InChI is InChI=1S/C13H16N4O2/c1-9(12-14-7-8-15-12)16-13(18)17-10-3-5-11(19-2)6-4-10/h3-9H,1-2H3,(H,14,15)(H2,16,17,18). The first kappa shape index (κ1) is 12.9. The molecule has 0 saturated carbocycles. The number of aromatic nitrogens is 2. The van der Waals surface area contributed by atoms with Gasteiger partial charge in [-0.2, -0.15) is 0 Å². The van der Waals surface area contributed by atoms with Gasteiger partial charge < -0.3 is 20.4 Å². The number of H-pyrrole nitrogens is 1. The Labute approximate surface area is 111 Å². The van der Waals surface area contributed by atoms with E-state index in [-0.39, 0.29) is 12.1 Å². The number of benzene rings is 1. The number of carbonyl (C=O) groups excluding carboxylic acids is 1. The molecule has 1 heterocycles. The number of urea groups is 1. The highest BCUT2D eigenvalue weighted by molar-refractivity contribution is 5.89. The summed E-state index contributed by atoms with van der Waals surface area (Å²) in [7, 11) is 1.60. The summed E-state index contributed by atoms with van der Waals surface area (Å²) < 4.78 is 5.05. The van der Waals surface area contributed by atoms with E-state index < -0.39 is 0 Å². The molecule has 1 atom stereocenters. The van der Waals surface area contributed by atoms with Crippen LogP contribution in [0.25, 0.3) is 0 Å². The lowest BCUT2D eigenvalue weighted by molar-refractivity contribution is 0.249. The maximum absolute atomic E-state index is 11.8. The van der Waals surface area contributed by atoms with E-state index in [9.17, 15) is 4.79 Å². The van der Waals surface area contributed by atoms with E-state index in [0.29, 0.717) is 11.5 Å². The molecule has 0 aliphatic rings. The highest BCUT2D eigenvalue weighted by atomic mass is 16.5. The molecule has 100 valence electrons.